The fourth-order valence-corrected chi connectivity index (χ4v) is 3.00. The van der Waals surface area contributed by atoms with Gasteiger partial charge in [0.05, 0.1) is 12.2 Å². The zero-order chi connectivity index (χ0) is 16.0. The molecule has 22 heavy (non-hydrogen) atoms. The monoisotopic (exact) mass is 314 g/mol. The Morgan fingerprint density at radius 1 is 0.727 bits per heavy atom. The maximum Gasteiger partial charge on any atom is 0.303 e. The Bertz CT molecular complexity index is 280. The van der Waals surface area contributed by atoms with Crippen LogP contribution in [-0.4, -0.2) is 35.0 Å². The van der Waals surface area contributed by atoms with Gasteiger partial charge in [0.2, 0.25) is 0 Å². The van der Waals surface area contributed by atoms with E-state index in [-0.39, 0.29) is 0 Å². The van der Waals surface area contributed by atoms with E-state index in [9.17, 15) is 4.79 Å². The van der Waals surface area contributed by atoms with E-state index in [0.717, 1.165) is 32.1 Å². The van der Waals surface area contributed by atoms with Crippen molar-refractivity contribution in [3.8, 4) is 0 Å². The fourth-order valence-electron chi connectivity index (χ4n) is 3.00. The van der Waals surface area contributed by atoms with E-state index >= 15 is 0 Å². The van der Waals surface area contributed by atoms with Crippen LogP contribution in [0.15, 0.2) is 0 Å². The number of rotatable bonds is 16. The lowest BCUT2D eigenvalue weighted by atomic mass is 10.0. The van der Waals surface area contributed by atoms with Crippen LogP contribution in [-0.2, 0) is 9.53 Å². The number of ether oxygens (including phenoxy) is 1. The van der Waals surface area contributed by atoms with Crippen molar-refractivity contribution in [2.24, 2.45) is 0 Å². The maximum atomic E-state index is 10.4. The molecule has 1 heterocycles. The summed E-state index contributed by atoms with van der Waals surface area (Å²) in [7, 11) is 0. The van der Waals surface area contributed by atoms with Gasteiger partial charge in [-0.25, -0.2) is 0 Å². The molecule has 0 saturated carbocycles. The summed E-state index contributed by atoms with van der Waals surface area (Å²) in [6.45, 7) is 0.331. The van der Waals surface area contributed by atoms with E-state index in [4.69, 9.17) is 14.9 Å². The average molecular weight is 314 g/mol. The molecule has 1 aliphatic rings. The molecule has 130 valence electrons. The third kappa shape index (κ3) is 11.0. The highest BCUT2D eigenvalue weighted by atomic mass is 16.6. The van der Waals surface area contributed by atoms with E-state index in [1.165, 1.54) is 51.4 Å². The molecule has 4 nitrogen and oxygen atoms in total. The maximum absolute atomic E-state index is 10.4. The molecule has 0 amide bonds. The highest BCUT2D eigenvalue weighted by Gasteiger charge is 2.36. The first kappa shape index (κ1) is 19.4. The van der Waals surface area contributed by atoms with Gasteiger partial charge in [0.1, 0.15) is 0 Å². The van der Waals surface area contributed by atoms with Crippen molar-refractivity contribution in [2.75, 3.05) is 6.61 Å². The number of carbonyl (C=O) groups is 1. The fraction of sp³-hybridized carbons (Fsp3) is 0.944. The van der Waals surface area contributed by atoms with E-state index < -0.39 is 5.97 Å². The van der Waals surface area contributed by atoms with Crippen LogP contribution in [0.1, 0.15) is 89.9 Å². The minimum atomic E-state index is -0.678. The largest absolute Gasteiger partial charge is 0.481 e. The lowest BCUT2D eigenvalue weighted by molar-refractivity contribution is -0.137. The lowest BCUT2D eigenvalue weighted by Crippen LogP contribution is -1.95. The number of aliphatic hydroxyl groups excluding tert-OH is 1. The summed E-state index contributed by atoms with van der Waals surface area (Å²) in [4.78, 5) is 10.4. The van der Waals surface area contributed by atoms with Crippen LogP contribution in [0.5, 0.6) is 0 Å². The Labute approximate surface area is 135 Å². The van der Waals surface area contributed by atoms with E-state index in [2.05, 4.69) is 0 Å². The zero-order valence-corrected chi connectivity index (χ0v) is 14.0. The van der Waals surface area contributed by atoms with Crippen molar-refractivity contribution < 1.29 is 19.7 Å². The number of epoxide rings is 1. The van der Waals surface area contributed by atoms with Gasteiger partial charge in [0.15, 0.2) is 0 Å². The minimum Gasteiger partial charge on any atom is -0.481 e. The Morgan fingerprint density at radius 2 is 1.18 bits per heavy atom. The van der Waals surface area contributed by atoms with Gasteiger partial charge in [-0.15, -0.1) is 0 Å². The van der Waals surface area contributed by atoms with Gasteiger partial charge in [-0.1, -0.05) is 57.8 Å². The standard InChI is InChI=1S/C18H34O4/c19-15-11-7-2-1-4-8-12-16-17(22-16)13-9-5-3-6-10-14-18(20)21/h16-17,19H,1-15H2,(H,20,21). The molecular weight excluding hydrogens is 280 g/mol. The number of aliphatic hydroxyl groups is 1. The molecule has 2 atom stereocenters. The number of hydrogen-bond donors (Lipinski definition) is 2. The molecule has 0 spiro atoms. The van der Waals surface area contributed by atoms with Crippen LogP contribution < -0.4 is 0 Å². The number of aliphatic carboxylic acids is 1. The van der Waals surface area contributed by atoms with E-state index in [1.54, 1.807) is 0 Å². The molecule has 1 fully saturated rings. The topological polar surface area (TPSA) is 70.1 Å². The molecule has 0 radical (unpaired) electrons. The van der Waals surface area contributed by atoms with Crippen LogP contribution in [0.25, 0.3) is 0 Å². The van der Waals surface area contributed by atoms with Gasteiger partial charge in [-0.05, 0) is 25.7 Å². The average Bonchev–Trinajstić information content (AvgIpc) is 3.23. The molecule has 0 aromatic carbocycles. The first-order valence-corrected chi connectivity index (χ1v) is 9.22. The number of unbranched alkanes of at least 4 members (excludes halogenated alkanes) is 9. The summed E-state index contributed by atoms with van der Waals surface area (Å²) in [5, 5.41) is 17.2. The molecule has 4 heteroatoms. The van der Waals surface area contributed by atoms with Crippen molar-refractivity contribution in [2.45, 2.75) is 102 Å². The normalized spacial score (nSPS) is 20.2. The first-order chi connectivity index (χ1) is 10.7. The minimum absolute atomic E-state index is 0.313. The molecule has 1 rings (SSSR count). The Morgan fingerprint density at radius 3 is 1.68 bits per heavy atom. The molecule has 0 aromatic heterocycles. The molecule has 0 aromatic rings. The van der Waals surface area contributed by atoms with Gasteiger partial charge in [0, 0.05) is 13.0 Å². The van der Waals surface area contributed by atoms with Gasteiger partial charge < -0.3 is 14.9 Å². The summed E-state index contributed by atoms with van der Waals surface area (Å²) >= 11 is 0. The number of hydrogen-bond acceptors (Lipinski definition) is 3. The van der Waals surface area contributed by atoms with Crippen molar-refractivity contribution >= 4 is 5.97 Å². The van der Waals surface area contributed by atoms with Gasteiger partial charge in [-0.2, -0.15) is 0 Å². The summed E-state index contributed by atoms with van der Waals surface area (Å²) < 4.78 is 5.71. The molecule has 0 bridgehead atoms. The SMILES string of the molecule is O=C(O)CCCCCCCC1OC1CCCCCCCCO. The highest BCUT2D eigenvalue weighted by molar-refractivity contribution is 5.66. The molecule has 2 unspecified atom stereocenters. The quantitative estimate of drug-likeness (QED) is 0.329. The molecule has 1 aliphatic heterocycles. The summed E-state index contributed by atoms with van der Waals surface area (Å²) in [5.74, 6) is -0.678. The second-order valence-corrected chi connectivity index (χ2v) is 6.55. The number of carboxylic acids is 1. The third-order valence-corrected chi connectivity index (χ3v) is 4.46. The Kier molecular flexibility index (Phi) is 11.4. The van der Waals surface area contributed by atoms with Crippen molar-refractivity contribution in [3.63, 3.8) is 0 Å². The van der Waals surface area contributed by atoms with Crippen LogP contribution in [0, 0.1) is 0 Å². The van der Waals surface area contributed by atoms with Crippen molar-refractivity contribution in [3.05, 3.63) is 0 Å². The van der Waals surface area contributed by atoms with Gasteiger partial charge in [-0.3, -0.25) is 4.79 Å². The second kappa shape index (κ2) is 12.9. The number of carboxylic acid groups (broad SMARTS) is 1. The first-order valence-electron chi connectivity index (χ1n) is 9.22. The highest BCUT2D eigenvalue weighted by Crippen LogP contribution is 2.31. The van der Waals surface area contributed by atoms with E-state index in [0.29, 0.717) is 25.2 Å². The van der Waals surface area contributed by atoms with Crippen molar-refractivity contribution in [1.82, 2.24) is 0 Å². The van der Waals surface area contributed by atoms with E-state index in [1.807, 2.05) is 0 Å². The summed E-state index contributed by atoms with van der Waals surface area (Å²) in [5.41, 5.74) is 0. The molecule has 1 saturated heterocycles. The third-order valence-electron chi connectivity index (χ3n) is 4.46. The summed E-state index contributed by atoms with van der Waals surface area (Å²) in [6, 6.07) is 0. The van der Waals surface area contributed by atoms with Gasteiger partial charge in [0.25, 0.3) is 0 Å². The second-order valence-electron chi connectivity index (χ2n) is 6.55. The molecule has 2 N–H and O–H groups in total. The predicted octanol–water partition coefficient (Wildman–Crippen LogP) is 4.29. The zero-order valence-electron chi connectivity index (χ0n) is 14.0. The predicted molar refractivity (Wildman–Crippen MR) is 88.0 cm³/mol. The molecule has 0 aliphatic carbocycles. The smallest absolute Gasteiger partial charge is 0.303 e. The van der Waals surface area contributed by atoms with Crippen LogP contribution in [0.2, 0.25) is 0 Å². The molecular formula is C18H34O4. The Hall–Kier alpha value is -0.610. The Balaban J connectivity index is 1.76. The van der Waals surface area contributed by atoms with Crippen molar-refractivity contribution in [1.29, 1.82) is 0 Å². The van der Waals surface area contributed by atoms with Crippen LogP contribution in [0.4, 0.5) is 0 Å². The van der Waals surface area contributed by atoms with Gasteiger partial charge >= 0.3 is 5.97 Å². The van der Waals surface area contributed by atoms with Crippen LogP contribution >= 0.6 is 0 Å². The van der Waals surface area contributed by atoms with Crippen LogP contribution in [0.3, 0.4) is 0 Å². The lowest BCUT2D eigenvalue weighted by Gasteiger charge is -2.00. The summed E-state index contributed by atoms with van der Waals surface area (Å²) in [6.07, 6.45) is 16.4.